The minimum absolute atomic E-state index is 0.0341. The molecule has 6 N–H and O–H groups in total. The molecular weight excluding hydrogens is 378 g/mol. The number of halogens is 2. The molecule has 0 heterocycles. The SMILES string of the molecule is C/C=C(C(=O)NC1CCC(CN)CC1)/C(=C\[NH2+]C)NC(=O)c1c(F)cccc1F. The van der Waals surface area contributed by atoms with Crippen LogP contribution in [0.2, 0.25) is 0 Å². The Bertz CT molecular complexity index is 780. The molecule has 1 aliphatic carbocycles. The summed E-state index contributed by atoms with van der Waals surface area (Å²) in [5.74, 6) is -2.74. The van der Waals surface area contributed by atoms with Crippen LogP contribution in [0.25, 0.3) is 0 Å². The van der Waals surface area contributed by atoms with Crippen LogP contribution < -0.4 is 21.7 Å². The Morgan fingerprint density at radius 3 is 2.34 bits per heavy atom. The zero-order valence-corrected chi connectivity index (χ0v) is 16.8. The lowest BCUT2D eigenvalue weighted by Crippen LogP contribution is -2.73. The molecule has 1 aliphatic rings. The average molecular weight is 407 g/mol. The van der Waals surface area contributed by atoms with Crippen LogP contribution in [0, 0.1) is 17.6 Å². The molecule has 0 bridgehead atoms. The molecule has 0 radical (unpaired) electrons. The van der Waals surface area contributed by atoms with Crippen molar-refractivity contribution < 1.29 is 23.7 Å². The van der Waals surface area contributed by atoms with E-state index >= 15 is 0 Å². The van der Waals surface area contributed by atoms with Crippen molar-refractivity contribution in [2.75, 3.05) is 13.6 Å². The molecule has 0 saturated heterocycles. The standard InChI is InChI=1S/C21H28F2N4O2/c1-3-15(20(28)26-14-9-7-13(11-24)8-10-14)18(12-25-2)27-21(29)19-16(22)5-4-6-17(19)23/h3-6,12-14,25H,7-11,24H2,1-2H3,(H,26,28)(H,27,29)/p+1/b15-3-,18-12+. The summed E-state index contributed by atoms with van der Waals surface area (Å²) in [6.07, 6.45) is 6.69. The number of carbonyl (C=O) groups excluding carboxylic acids is 2. The highest BCUT2D eigenvalue weighted by Crippen LogP contribution is 2.24. The summed E-state index contributed by atoms with van der Waals surface area (Å²) in [4.78, 5) is 25.3. The highest BCUT2D eigenvalue weighted by Gasteiger charge is 2.26. The number of hydrogen-bond acceptors (Lipinski definition) is 3. The lowest BCUT2D eigenvalue weighted by Gasteiger charge is -2.28. The van der Waals surface area contributed by atoms with Gasteiger partial charge in [0, 0.05) is 6.04 Å². The first-order chi connectivity index (χ1) is 13.9. The molecular formula is C21H29F2N4O2+. The van der Waals surface area contributed by atoms with Gasteiger partial charge in [-0.3, -0.25) is 9.59 Å². The smallest absolute Gasteiger partial charge is 0.261 e. The van der Waals surface area contributed by atoms with Gasteiger partial charge in [0.15, 0.2) is 0 Å². The molecule has 1 aromatic carbocycles. The maximum atomic E-state index is 13.9. The molecule has 29 heavy (non-hydrogen) atoms. The van der Waals surface area contributed by atoms with Gasteiger partial charge in [-0.2, -0.15) is 0 Å². The Kier molecular flexibility index (Phi) is 8.48. The summed E-state index contributed by atoms with van der Waals surface area (Å²) in [7, 11) is 1.72. The molecule has 2 rings (SSSR count). The first-order valence-electron chi connectivity index (χ1n) is 9.83. The van der Waals surface area contributed by atoms with Crippen LogP contribution in [-0.2, 0) is 4.79 Å². The number of allylic oxidation sites excluding steroid dienone is 1. The summed E-state index contributed by atoms with van der Waals surface area (Å²) in [6.45, 7) is 2.32. The molecule has 0 spiro atoms. The molecule has 8 heteroatoms. The van der Waals surface area contributed by atoms with E-state index in [9.17, 15) is 18.4 Å². The van der Waals surface area contributed by atoms with Crippen molar-refractivity contribution in [1.29, 1.82) is 0 Å². The van der Waals surface area contributed by atoms with E-state index in [1.807, 2.05) is 0 Å². The zero-order valence-electron chi connectivity index (χ0n) is 16.8. The molecule has 2 amide bonds. The average Bonchev–Trinajstić information content (AvgIpc) is 2.69. The van der Waals surface area contributed by atoms with E-state index in [0.717, 1.165) is 37.8 Å². The van der Waals surface area contributed by atoms with Gasteiger partial charge in [-0.1, -0.05) is 12.1 Å². The van der Waals surface area contributed by atoms with E-state index in [-0.39, 0.29) is 23.2 Å². The van der Waals surface area contributed by atoms with E-state index in [4.69, 9.17) is 5.73 Å². The number of hydrogen-bond donors (Lipinski definition) is 4. The molecule has 6 nitrogen and oxygen atoms in total. The summed E-state index contributed by atoms with van der Waals surface area (Å²) < 4.78 is 27.8. The van der Waals surface area contributed by atoms with Crippen molar-refractivity contribution >= 4 is 11.8 Å². The second kappa shape index (κ2) is 10.8. The Labute approximate surface area is 169 Å². The monoisotopic (exact) mass is 407 g/mol. The topological polar surface area (TPSA) is 101 Å². The Morgan fingerprint density at radius 2 is 1.83 bits per heavy atom. The largest absolute Gasteiger partial charge is 0.349 e. The molecule has 0 aromatic heterocycles. The van der Waals surface area contributed by atoms with Crippen molar-refractivity contribution in [3.05, 3.63) is 58.9 Å². The van der Waals surface area contributed by atoms with Gasteiger partial charge in [-0.05, 0) is 57.2 Å². The second-order valence-corrected chi connectivity index (χ2v) is 7.09. The van der Waals surface area contributed by atoms with Gasteiger partial charge in [-0.15, -0.1) is 0 Å². The Hall–Kier alpha value is -2.58. The number of amides is 2. The summed E-state index contributed by atoms with van der Waals surface area (Å²) in [5.41, 5.74) is 5.43. The number of nitrogens with two attached hydrogens (primary N) is 2. The van der Waals surface area contributed by atoms with Crippen LogP contribution in [0.4, 0.5) is 8.78 Å². The van der Waals surface area contributed by atoms with Crippen molar-refractivity contribution in [3.8, 4) is 0 Å². The summed E-state index contributed by atoms with van der Waals surface area (Å²) in [5, 5.41) is 7.09. The van der Waals surface area contributed by atoms with Crippen molar-refractivity contribution in [2.45, 2.75) is 38.6 Å². The van der Waals surface area contributed by atoms with Crippen molar-refractivity contribution in [2.24, 2.45) is 11.7 Å². The van der Waals surface area contributed by atoms with E-state index in [2.05, 4.69) is 10.6 Å². The van der Waals surface area contributed by atoms with Gasteiger partial charge in [0.2, 0.25) is 0 Å². The van der Waals surface area contributed by atoms with E-state index < -0.39 is 23.1 Å². The van der Waals surface area contributed by atoms with Gasteiger partial charge >= 0.3 is 0 Å². The fourth-order valence-electron chi connectivity index (χ4n) is 3.48. The number of rotatable bonds is 7. The van der Waals surface area contributed by atoms with Crippen LogP contribution in [-0.4, -0.2) is 31.4 Å². The second-order valence-electron chi connectivity index (χ2n) is 7.09. The number of benzene rings is 1. The van der Waals surface area contributed by atoms with E-state index in [1.165, 1.54) is 12.3 Å². The van der Waals surface area contributed by atoms with Gasteiger partial charge in [-0.25, -0.2) is 8.78 Å². The highest BCUT2D eigenvalue weighted by atomic mass is 19.1. The third-order valence-corrected chi connectivity index (χ3v) is 5.11. The third kappa shape index (κ3) is 5.95. The lowest BCUT2D eigenvalue weighted by atomic mass is 9.86. The van der Waals surface area contributed by atoms with Gasteiger partial charge in [0.1, 0.15) is 29.1 Å². The molecule has 0 unspecified atom stereocenters. The maximum Gasteiger partial charge on any atom is 0.261 e. The fourth-order valence-corrected chi connectivity index (χ4v) is 3.48. The summed E-state index contributed by atoms with van der Waals surface area (Å²) >= 11 is 0. The number of carbonyl (C=O) groups is 2. The fraction of sp³-hybridized carbons (Fsp3) is 0.429. The summed E-state index contributed by atoms with van der Waals surface area (Å²) in [6, 6.07) is 3.23. The first kappa shape index (κ1) is 22.7. The van der Waals surface area contributed by atoms with E-state index in [0.29, 0.717) is 12.5 Å². The minimum atomic E-state index is -0.967. The Morgan fingerprint density at radius 1 is 1.21 bits per heavy atom. The predicted molar refractivity (Wildman–Crippen MR) is 106 cm³/mol. The minimum Gasteiger partial charge on any atom is -0.349 e. The molecule has 1 saturated carbocycles. The van der Waals surface area contributed by atoms with Crippen LogP contribution in [0.15, 0.2) is 41.7 Å². The van der Waals surface area contributed by atoms with Crippen LogP contribution in [0.5, 0.6) is 0 Å². The number of nitrogens with one attached hydrogen (secondary N) is 2. The lowest BCUT2D eigenvalue weighted by molar-refractivity contribution is -0.557. The highest BCUT2D eigenvalue weighted by molar-refractivity contribution is 6.01. The first-order valence-corrected chi connectivity index (χ1v) is 9.83. The molecule has 0 atom stereocenters. The van der Waals surface area contributed by atoms with Crippen molar-refractivity contribution in [3.63, 3.8) is 0 Å². The van der Waals surface area contributed by atoms with E-state index in [1.54, 1.807) is 25.4 Å². The molecule has 0 aliphatic heterocycles. The maximum absolute atomic E-state index is 13.9. The van der Waals surface area contributed by atoms with Crippen LogP contribution in [0.3, 0.4) is 0 Å². The zero-order chi connectivity index (χ0) is 21.4. The van der Waals surface area contributed by atoms with Crippen LogP contribution >= 0.6 is 0 Å². The molecule has 158 valence electrons. The van der Waals surface area contributed by atoms with Crippen molar-refractivity contribution in [1.82, 2.24) is 10.6 Å². The van der Waals surface area contributed by atoms with Gasteiger partial charge in [0.25, 0.3) is 11.8 Å². The third-order valence-electron chi connectivity index (χ3n) is 5.11. The number of quaternary nitrogens is 1. The molecule has 1 fully saturated rings. The predicted octanol–water partition coefficient (Wildman–Crippen LogP) is 1.31. The Balaban J connectivity index is 2.12. The normalized spacial score (nSPS) is 20.3. The van der Waals surface area contributed by atoms with Gasteiger partial charge in [0.05, 0.1) is 12.6 Å². The van der Waals surface area contributed by atoms with Crippen LogP contribution in [0.1, 0.15) is 43.0 Å². The van der Waals surface area contributed by atoms with Gasteiger partial charge < -0.3 is 21.7 Å². The molecule has 1 aromatic rings. The quantitative estimate of drug-likeness (QED) is 0.405.